The van der Waals surface area contributed by atoms with Gasteiger partial charge in [-0.3, -0.25) is 14.4 Å². The van der Waals surface area contributed by atoms with Gasteiger partial charge in [0.05, 0.1) is 17.5 Å². The molecule has 0 saturated heterocycles. The molecule has 0 saturated carbocycles. The van der Waals surface area contributed by atoms with Gasteiger partial charge >= 0.3 is 5.97 Å². The smallest absolute Gasteiger partial charge is 0.323 e. The van der Waals surface area contributed by atoms with Crippen molar-refractivity contribution < 1.29 is 19.4 Å². The number of para-hydroxylation sites is 1. The van der Waals surface area contributed by atoms with Gasteiger partial charge in [0, 0.05) is 26.5 Å². The van der Waals surface area contributed by atoms with Gasteiger partial charge in [-0.2, -0.15) is 0 Å². The number of rotatable bonds is 9. The number of aliphatic carboxylic acids is 1. The fourth-order valence-corrected chi connectivity index (χ4v) is 2.48. The molecule has 8 nitrogen and oxygen atoms in total. The number of carbonyl (C=O) groups is 2. The Labute approximate surface area is 144 Å². The van der Waals surface area contributed by atoms with Crippen LogP contribution in [0.3, 0.4) is 0 Å². The highest BCUT2D eigenvalue weighted by atomic mass is 16.5. The maximum absolute atomic E-state index is 12.2. The summed E-state index contributed by atoms with van der Waals surface area (Å²) in [5.41, 5.74) is 0.402. The molecule has 2 rings (SSSR count). The van der Waals surface area contributed by atoms with Crippen LogP contribution in [0.2, 0.25) is 0 Å². The summed E-state index contributed by atoms with van der Waals surface area (Å²) in [6, 6.07) is 7.04. The van der Waals surface area contributed by atoms with Crippen LogP contribution >= 0.6 is 0 Å². The molecule has 1 amide bonds. The zero-order valence-corrected chi connectivity index (χ0v) is 14.0. The van der Waals surface area contributed by atoms with E-state index in [1.54, 1.807) is 18.2 Å². The number of benzene rings is 1. The summed E-state index contributed by atoms with van der Waals surface area (Å²) >= 11 is 0. The number of fused-ring (bicyclic) bond motifs is 1. The molecule has 0 aliphatic heterocycles. The van der Waals surface area contributed by atoms with E-state index in [0.29, 0.717) is 29.6 Å². The molecule has 0 aliphatic rings. The highest BCUT2D eigenvalue weighted by Gasteiger charge is 2.16. The van der Waals surface area contributed by atoms with Crippen LogP contribution in [-0.4, -0.2) is 58.7 Å². The standard InChI is InChI=1S/C17H21N3O5/c1-25-10-9-20(11-16(22)23)15(21)8-4-7-14-18-13-6-3-2-5-12(13)17(24)19-14/h2-3,5-6H,4,7-11H2,1H3,(H,22,23)(H,18,19,24). The van der Waals surface area contributed by atoms with Crippen LogP contribution in [0.5, 0.6) is 0 Å². The fourth-order valence-electron chi connectivity index (χ4n) is 2.48. The molecule has 25 heavy (non-hydrogen) atoms. The molecule has 2 N–H and O–H groups in total. The maximum Gasteiger partial charge on any atom is 0.323 e. The molecule has 134 valence electrons. The number of aryl methyl sites for hydroxylation is 1. The van der Waals surface area contributed by atoms with E-state index in [0.717, 1.165) is 0 Å². The van der Waals surface area contributed by atoms with E-state index in [1.165, 1.54) is 12.0 Å². The lowest BCUT2D eigenvalue weighted by atomic mass is 10.2. The van der Waals surface area contributed by atoms with Crippen LogP contribution in [0.1, 0.15) is 18.7 Å². The number of ether oxygens (including phenoxy) is 1. The van der Waals surface area contributed by atoms with Gasteiger partial charge in [0.2, 0.25) is 5.91 Å². The minimum absolute atomic E-state index is 0.174. The highest BCUT2D eigenvalue weighted by molar-refractivity contribution is 5.81. The van der Waals surface area contributed by atoms with E-state index in [-0.39, 0.29) is 37.6 Å². The lowest BCUT2D eigenvalue weighted by molar-refractivity contribution is -0.144. The summed E-state index contributed by atoms with van der Waals surface area (Å²) in [7, 11) is 1.49. The van der Waals surface area contributed by atoms with Crippen LogP contribution in [0, 0.1) is 0 Å². The van der Waals surface area contributed by atoms with Crippen molar-refractivity contribution in [2.24, 2.45) is 0 Å². The number of hydrogen-bond acceptors (Lipinski definition) is 5. The molecule has 0 spiro atoms. The predicted octanol–water partition coefficient (Wildman–Crippen LogP) is 0.805. The average Bonchev–Trinajstić information content (AvgIpc) is 2.58. The number of carboxylic acid groups (broad SMARTS) is 1. The number of amides is 1. The molecule has 0 fully saturated rings. The van der Waals surface area contributed by atoms with Crippen molar-refractivity contribution in [3.8, 4) is 0 Å². The normalized spacial score (nSPS) is 10.8. The number of carbonyl (C=O) groups excluding carboxylic acids is 1. The average molecular weight is 347 g/mol. The number of methoxy groups -OCH3 is 1. The molecular weight excluding hydrogens is 326 g/mol. The van der Waals surface area contributed by atoms with Gasteiger partial charge in [0.15, 0.2) is 0 Å². The fraction of sp³-hybridized carbons (Fsp3) is 0.412. The lowest BCUT2D eigenvalue weighted by Crippen LogP contribution is -2.37. The van der Waals surface area contributed by atoms with Gasteiger partial charge in [-0.15, -0.1) is 0 Å². The van der Waals surface area contributed by atoms with E-state index in [2.05, 4.69) is 9.97 Å². The second-order valence-corrected chi connectivity index (χ2v) is 5.59. The SMILES string of the molecule is COCCN(CC(=O)O)C(=O)CCCc1nc2ccccc2c(=O)[nH]1. The zero-order chi connectivity index (χ0) is 18.2. The van der Waals surface area contributed by atoms with Crippen molar-refractivity contribution in [1.29, 1.82) is 0 Å². The second kappa shape index (κ2) is 8.93. The first-order chi connectivity index (χ1) is 12.0. The monoisotopic (exact) mass is 347 g/mol. The van der Waals surface area contributed by atoms with Gasteiger partial charge < -0.3 is 19.7 Å². The number of aromatic nitrogens is 2. The van der Waals surface area contributed by atoms with Crippen LogP contribution < -0.4 is 5.56 Å². The summed E-state index contributed by atoms with van der Waals surface area (Å²) in [6.45, 7) is 0.151. The Morgan fingerprint density at radius 1 is 1.32 bits per heavy atom. The third-order valence-corrected chi connectivity index (χ3v) is 3.71. The van der Waals surface area contributed by atoms with Gasteiger partial charge in [-0.1, -0.05) is 12.1 Å². The van der Waals surface area contributed by atoms with Gasteiger partial charge in [0.1, 0.15) is 12.4 Å². The van der Waals surface area contributed by atoms with Gasteiger partial charge in [-0.05, 0) is 18.6 Å². The molecule has 0 atom stereocenters. The van der Waals surface area contributed by atoms with E-state index in [4.69, 9.17) is 9.84 Å². The maximum atomic E-state index is 12.2. The number of carboxylic acids is 1. The summed E-state index contributed by atoms with van der Waals surface area (Å²) in [5.74, 6) is -0.814. The van der Waals surface area contributed by atoms with E-state index >= 15 is 0 Å². The van der Waals surface area contributed by atoms with Crippen molar-refractivity contribution in [1.82, 2.24) is 14.9 Å². The quantitative estimate of drug-likeness (QED) is 0.694. The number of H-pyrrole nitrogens is 1. The zero-order valence-electron chi connectivity index (χ0n) is 14.0. The Balaban J connectivity index is 1.95. The summed E-state index contributed by atoms with van der Waals surface area (Å²) in [4.78, 5) is 43.4. The largest absolute Gasteiger partial charge is 0.480 e. The number of aromatic amines is 1. The Bertz CT molecular complexity index is 802. The highest BCUT2D eigenvalue weighted by Crippen LogP contribution is 2.08. The van der Waals surface area contributed by atoms with Crippen molar-refractivity contribution in [3.63, 3.8) is 0 Å². The Hall–Kier alpha value is -2.74. The Kier molecular flexibility index (Phi) is 6.64. The molecule has 0 bridgehead atoms. The Morgan fingerprint density at radius 2 is 2.08 bits per heavy atom. The van der Waals surface area contributed by atoms with Crippen molar-refractivity contribution >= 4 is 22.8 Å². The third-order valence-electron chi connectivity index (χ3n) is 3.71. The molecule has 0 unspecified atom stereocenters. The van der Waals surface area contributed by atoms with Crippen LogP contribution in [0.25, 0.3) is 10.9 Å². The second-order valence-electron chi connectivity index (χ2n) is 5.59. The predicted molar refractivity (Wildman–Crippen MR) is 91.4 cm³/mol. The molecule has 0 aliphatic carbocycles. The number of nitrogens with zero attached hydrogens (tertiary/aromatic N) is 2. The van der Waals surface area contributed by atoms with E-state index < -0.39 is 5.97 Å². The topological polar surface area (TPSA) is 113 Å². The molecule has 1 heterocycles. The third kappa shape index (κ3) is 5.39. The molecular formula is C17H21N3O5. The van der Waals surface area contributed by atoms with Gasteiger partial charge in [0.25, 0.3) is 5.56 Å². The minimum atomic E-state index is -1.06. The first-order valence-corrected chi connectivity index (χ1v) is 7.97. The van der Waals surface area contributed by atoms with Crippen LogP contribution in [-0.2, 0) is 20.7 Å². The number of nitrogens with one attached hydrogen (secondary N) is 1. The first-order valence-electron chi connectivity index (χ1n) is 7.97. The van der Waals surface area contributed by atoms with Crippen molar-refractivity contribution in [2.75, 3.05) is 26.8 Å². The summed E-state index contributed by atoms with van der Waals surface area (Å²) < 4.78 is 4.90. The molecule has 8 heteroatoms. The summed E-state index contributed by atoms with van der Waals surface area (Å²) in [6.07, 6.45) is 1.06. The molecule has 0 radical (unpaired) electrons. The minimum Gasteiger partial charge on any atom is -0.480 e. The summed E-state index contributed by atoms with van der Waals surface area (Å²) in [5, 5.41) is 9.40. The first kappa shape index (κ1) is 18.6. The van der Waals surface area contributed by atoms with Crippen molar-refractivity contribution in [3.05, 3.63) is 40.4 Å². The molecule has 2 aromatic rings. The van der Waals surface area contributed by atoms with E-state index in [9.17, 15) is 14.4 Å². The van der Waals surface area contributed by atoms with E-state index in [1.807, 2.05) is 6.07 Å². The Morgan fingerprint density at radius 3 is 2.80 bits per heavy atom. The lowest BCUT2D eigenvalue weighted by Gasteiger charge is -2.20. The number of hydrogen-bond donors (Lipinski definition) is 2. The van der Waals surface area contributed by atoms with Crippen molar-refractivity contribution in [2.45, 2.75) is 19.3 Å². The van der Waals surface area contributed by atoms with Gasteiger partial charge in [-0.25, -0.2) is 4.98 Å². The van der Waals surface area contributed by atoms with Crippen LogP contribution in [0.4, 0.5) is 0 Å². The van der Waals surface area contributed by atoms with Crippen LogP contribution in [0.15, 0.2) is 29.1 Å². The molecule has 1 aromatic heterocycles. The molecule has 1 aromatic carbocycles.